The van der Waals surface area contributed by atoms with Crippen LogP contribution in [0.25, 0.3) is 22.3 Å². The first-order valence-corrected chi connectivity index (χ1v) is 25.7. The number of aromatic nitrogens is 2. The Labute approximate surface area is 370 Å². The van der Waals surface area contributed by atoms with Crippen molar-refractivity contribution in [3.63, 3.8) is 0 Å². The fourth-order valence-corrected chi connectivity index (χ4v) is 14.0. The molecule has 332 valence electrons. The second-order valence-corrected chi connectivity index (χ2v) is 22.3. The van der Waals surface area contributed by atoms with Gasteiger partial charge in [-0.05, 0) is 62.6 Å². The smallest absolute Gasteiger partial charge is 0.226 e. The molecule has 4 aromatic rings. The van der Waals surface area contributed by atoms with Crippen LogP contribution in [-0.2, 0) is 25.1 Å². The summed E-state index contributed by atoms with van der Waals surface area (Å²) in [4.78, 5) is 67.1. The first-order chi connectivity index (χ1) is 29.9. The Morgan fingerprint density at radius 2 is 1.69 bits per heavy atom. The van der Waals surface area contributed by atoms with E-state index in [0.29, 0.717) is 53.6 Å². The Kier molecular flexibility index (Phi) is 13.9. The van der Waals surface area contributed by atoms with E-state index in [2.05, 4.69) is 19.2 Å². The van der Waals surface area contributed by atoms with Crippen LogP contribution < -0.4 is 14.8 Å². The van der Waals surface area contributed by atoms with Gasteiger partial charge in [0.25, 0.3) is 0 Å². The molecule has 0 radical (unpaired) electrons. The molecule has 2 aromatic carbocycles. The molecule has 1 unspecified atom stereocenters. The summed E-state index contributed by atoms with van der Waals surface area (Å²) < 4.78 is 27.1. The number of ether oxygens (including phenoxy) is 2. The number of benzene rings is 2. The van der Waals surface area contributed by atoms with Gasteiger partial charge in [-0.25, -0.2) is 9.97 Å². The molecular formula is C49H63N4O7PS. The highest BCUT2D eigenvalue weighted by Crippen LogP contribution is 2.75. The van der Waals surface area contributed by atoms with E-state index in [1.165, 1.54) is 11.3 Å². The molecule has 4 heterocycles. The highest BCUT2D eigenvalue weighted by molar-refractivity contribution is 7.59. The van der Waals surface area contributed by atoms with Crippen molar-refractivity contribution in [1.82, 2.24) is 14.9 Å². The molecule has 0 spiro atoms. The largest absolute Gasteiger partial charge is 0.497 e. The molecule has 2 saturated heterocycles. The number of nitrogens with one attached hydrogen (secondary N) is 1. The van der Waals surface area contributed by atoms with Crippen molar-refractivity contribution in [1.29, 1.82) is 0 Å². The Bertz CT molecular complexity index is 2280. The number of amides is 1. The first kappa shape index (κ1) is 44.5. The van der Waals surface area contributed by atoms with E-state index in [1.54, 1.807) is 12.0 Å². The zero-order valence-corrected chi connectivity index (χ0v) is 38.3. The van der Waals surface area contributed by atoms with Crippen LogP contribution in [-0.4, -0.2) is 74.2 Å². The highest BCUT2D eigenvalue weighted by Gasteiger charge is 2.65. The predicted octanol–water partition coefficient (Wildman–Crippen LogP) is 10.6. The van der Waals surface area contributed by atoms with Gasteiger partial charge >= 0.3 is 0 Å². The van der Waals surface area contributed by atoms with Crippen LogP contribution in [0.1, 0.15) is 122 Å². The predicted molar refractivity (Wildman–Crippen MR) is 245 cm³/mol. The Hall–Kier alpha value is -4.12. The van der Waals surface area contributed by atoms with E-state index in [1.807, 2.05) is 60.0 Å². The third kappa shape index (κ3) is 10.1. The summed E-state index contributed by atoms with van der Waals surface area (Å²) in [6, 6.07) is 16.3. The van der Waals surface area contributed by atoms with Crippen LogP contribution in [0.3, 0.4) is 0 Å². The number of anilines is 1. The van der Waals surface area contributed by atoms with Crippen LogP contribution in [0.5, 0.6) is 11.5 Å². The SMILES string of the molecule is COc1ccc2c(O[C@@H]3C[C@H]4C(=O)C[C@]5(P(=O)(O)Cc6ccccc6)C[C@@H]5CCCCCCC[C@H](CC(=O)CC5CCCC5)C(=O)N4C3)cc(-c3csc(NC(C)C)n3)nc2c1. The van der Waals surface area contributed by atoms with Gasteiger partial charge in [-0.1, -0.05) is 88.1 Å². The van der Waals surface area contributed by atoms with Crippen molar-refractivity contribution in [2.24, 2.45) is 17.8 Å². The Morgan fingerprint density at radius 3 is 2.45 bits per heavy atom. The van der Waals surface area contributed by atoms with E-state index >= 15 is 4.79 Å². The number of rotatable bonds is 13. The number of ketones is 2. The average molecular weight is 883 g/mol. The number of hydrogen-bond donors (Lipinski definition) is 2. The molecular weight excluding hydrogens is 820 g/mol. The number of hydrogen-bond acceptors (Lipinski definition) is 10. The molecule has 2 aliphatic carbocycles. The summed E-state index contributed by atoms with van der Waals surface area (Å²) in [6.45, 7) is 4.28. The van der Waals surface area contributed by atoms with Gasteiger partial charge in [-0.3, -0.25) is 18.9 Å². The summed E-state index contributed by atoms with van der Waals surface area (Å²) in [5.41, 5.74) is 2.75. The second-order valence-electron chi connectivity index (χ2n) is 18.8. The van der Waals surface area contributed by atoms with Crippen molar-refractivity contribution >= 4 is 52.2 Å². The minimum Gasteiger partial charge on any atom is -0.497 e. The molecule has 8 rings (SSSR count). The van der Waals surface area contributed by atoms with E-state index < -0.39 is 30.6 Å². The van der Waals surface area contributed by atoms with Gasteiger partial charge in [0.1, 0.15) is 29.1 Å². The molecule has 4 fully saturated rings. The van der Waals surface area contributed by atoms with Crippen LogP contribution in [0.15, 0.2) is 60.0 Å². The number of carbonyl (C=O) groups excluding carboxylic acids is 3. The Balaban J connectivity index is 1.12. The van der Waals surface area contributed by atoms with Gasteiger partial charge in [-0.15, -0.1) is 11.3 Å². The molecule has 6 atom stereocenters. The third-order valence-electron chi connectivity index (χ3n) is 13.9. The molecule has 1 amide bonds. The van der Waals surface area contributed by atoms with Crippen molar-refractivity contribution in [3.05, 3.63) is 65.5 Å². The normalized spacial score (nSPS) is 26.0. The summed E-state index contributed by atoms with van der Waals surface area (Å²) in [7, 11) is -2.26. The zero-order valence-electron chi connectivity index (χ0n) is 36.6. The molecule has 2 aromatic heterocycles. The average Bonchev–Trinajstić information content (AvgIpc) is 3.66. The summed E-state index contributed by atoms with van der Waals surface area (Å²) in [5.74, 6) is 0.764. The molecule has 13 heteroatoms. The molecule has 2 saturated carbocycles. The van der Waals surface area contributed by atoms with Gasteiger partial charge in [0, 0.05) is 60.5 Å². The maximum absolute atomic E-state index is 15.0. The standard InChI is InChI=1S/C49H63N4O7PS/c1-32(2)50-48-52-43(31-62-48)42-26-46(40-21-20-38(59-3)24-41(40)51-42)60-39-25-44-45(55)28-49(61(57,58)30-34-16-8-7-9-17-34)27-36(49)19-11-6-4-5-10-18-35(47(56)53(44)29-39)23-37(54)22-33-14-12-13-15-33/h7-9,16-17,20-21,24,26,31-33,35-36,39,44H,4-6,10-15,18-19,22-23,25,27-30H2,1-3H3,(H,50,52)(H,57,58)/t35-,36+,39-,44+,49-/m1/s1. The maximum Gasteiger partial charge on any atom is 0.226 e. The third-order valence-corrected chi connectivity index (χ3v) is 17.6. The van der Waals surface area contributed by atoms with Crippen LogP contribution in [0, 0.1) is 17.8 Å². The number of methoxy groups -OCH3 is 1. The molecule has 11 nitrogen and oxygen atoms in total. The minimum atomic E-state index is -3.87. The number of thiazole rings is 1. The topological polar surface area (TPSA) is 148 Å². The molecule has 2 N–H and O–H groups in total. The van der Waals surface area contributed by atoms with Gasteiger partial charge in [-0.2, -0.15) is 0 Å². The van der Waals surface area contributed by atoms with E-state index in [-0.39, 0.29) is 61.4 Å². The van der Waals surface area contributed by atoms with E-state index in [0.717, 1.165) is 80.3 Å². The quantitative estimate of drug-likeness (QED) is 0.124. The Morgan fingerprint density at radius 1 is 0.952 bits per heavy atom. The number of carbonyl (C=O) groups is 3. The minimum absolute atomic E-state index is 0.0120. The second kappa shape index (κ2) is 19.3. The van der Waals surface area contributed by atoms with Gasteiger partial charge in [0.15, 0.2) is 10.9 Å². The summed E-state index contributed by atoms with van der Waals surface area (Å²) >= 11 is 1.50. The van der Waals surface area contributed by atoms with Crippen LogP contribution >= 0.6 is 18.7 Å². The lowest BCUT2D eigenvalue weighted by Gasteiger charge is -2.30. The number of fused-ring (bicyclic) bond motifs is 3. The van der Waals surface area contributed by atoms with Crippen molar-refractivity contribution in [2.75, 3.05) is 19.0 Å². The molecule has 62 heavy (non-hydrogen) atoms. The lowest BCUT2D eigenvalue weighted by molar-refractivity contribution is -0.143. The fraction of sp³-hybridized carbons (Fsp3) is 0.571. The lowest BCUT2D eigenvalue weighted by Crippen LogP contribution is -2.45. The van der Waals surface area contributed by atoms with Crippen molar-refractivity contribution in [3.8, 4) is 22.9 Å². The molecule has 2 aliphatic heterocycles. The monoisotopic (exact) mass is 882 g/mol. The molecule has 0 bridgehead atoms. The molecule has 4 aliphatic rings. The highest BCUT2D eigenvalue weighted by atomic mass is 32.1. The van der Waals surface area contributed by atoms with Crippen molar-refractivity contribution in [2.45, 2.75) is 146 Å². The number of pyridine rings is 1. The zero-order chi connectivity index (χ0) is 43.4. The summed E-state index contributed by atoms with van der Waals surface area (Å²) in [6.07, 6.45) is 11.4. The van der Waals surface area contributed by atoms with E-state index in [4.69, 9.17) is 19.4 Å². The number of nitrogens with zero attached hydrogens (tertiary/aromatic N) is 3. The van der Waals surface area contributed by atoms with Crippen LogP contribution in [0.2, 0.25) is 0 Å². The summed E-state index contributed by atoms with van der Waals surface area (Å²) in [5, 5.41) is 5.83. The lowest BCUT2D eigenvalue weighted by atomic mass is 9.89. The van der Waals surface area contributed by atoms with Gasteiger partial charge in [0.05, 0.1) is 42.2 Å². The fourth-order valence-electron chi connectivity index (χ4n) is 10.5. The van der Waals surface area contributed by atoms with Gasteiger partial charge < -0.3 is 24.6 Å². The van der Waals surface area contributed by atoms with E-state index in [9.17, 15) is 19.0 Å². The van der Waals surface area contributed by atoms with Gasteiger partial charge in [0.2, 0.25) is 13.3 Å². The van der Waals surface area contributed by atoms with Crippen LogP contribution in [0.4, 0.5) is 5.13 Å². The number of Topliss-reactive ketones (excluding diaryl/α,β-unsaturated/α-hetero) is 2. The maximum atomic E-state index is 15.0. The first-order valence-electron chi connectivity index (χ1n) is 23.0. The van der Waals surface area contributed by atoms with Crippen molar-refractivity contribution < 1.29 is 33.3 Å².